The number of amides is 1. The molecule has 3 N–H and O–H groups in total. The van der Waals surface area contributed by atoms with Crippen molar-refractivity contribution in [2.75, 3.05) is 16.8 Å². The third kappa shape index (κ3) is 2.47. The predicted molar refractivity (Wildman–Crippen MR) is 67.5 cm³/mol. The molecule has 16 heavy (non-hydrogen) atoms. The van der Waals surface area contributed by atoms with Crippen LogP contribution in [0.1, 0.15) is 18.4 Å². The van der Waals surface area contributed by atoms with Crippen LogP contribution in [0, 0.1) is 6.92 Å². The highest BCUT2D eigenvalue weighted by Crippen LogP contribution is 2.27. The van der Waals surface area contributed by atoms with E-state index >= 15 is 0 Å². The Morgan fingerprint density at radius 1 is 1.69 bits per heavy atom. The second kappa shape index (κ2) is 4.74. The Balaban J connectivity index is 2.05. The standard InChI is InChI=1S/C11H15N3OS/c1-7-5-8(12)6-13-10(7)14-11(15)9-3-2-4-16-9/h5-6,9H,2-4,12H2,1H3,(H,13,14,15). The molecule has 5 heteroatoms. The Morgan fingerprint density at radius 2 is 2.50 bits per heavy atom. The van der Waals surface area contributed by atoms with Gasteiger partial charge in [0.1, 0.15) is 5.82 Å². The molecule has 86 valence electrons. The number of hydrogen-bond donors (Lipinski definition) is 2. The van der Waals surface area contributed by atoms with Gasteiger partial charge in [-0.2, -0.15) is 0 Å². The lowest BCUT2D eigenvalue weighted by Crippen LogP contribution is -2.23. The summed E-state index contributed by atoms with van der Waals surface area (Å²) in [5, 5.41) is 2.94. The van der Waals surface area contributed by atoms with Gasteiger partial charge in [0.2, 0.25) is 5.91 Å². The molecule has 1 atom stereocenters. The first-order valence-electron chi connectivity index (χ1n) is 5.31. The lowest BCUT2D eigenvalue weighted by molar-refractivity contribution is -0.115. The fourth-order valence-corrected chi connectivity index (χ4v) is 2.87. The highest BCUT2D eigenvalue weighted by molar-refractivity contribution is 8.00. The van der Waals surface area contributed by atoms with Crippen LogP contribution < -0.4 is 11.1 Å². The maximum atomic E-state index is 11.8. The molecule has 0 bridgehead atoms. The van der Waals surface area contributed by atoms with Gasteiger partial charge in [-0.25, -0.2) is 4.98 Å². The van der Waals surface area contributed by atoms with E-state index < -0.39 is 0 Å². The summed E-state index contributed by atoms with van der Waals surface area (Å²) in [7, 11) is 0. The Labute approximate surface area is 99.0 Å². The molecule has 1 saturated heterocycles. The Hall–Kier alpha value is -1.23. The Morgan fingerprint density at radius 3 is 3.12 bits per heavy atom. The fraction of sp³-hybridized carbons (Fsp3) is 0.455. The van der Waals surface area contributed by atoms with Crippen LogP contribution >= 0.6 is 11.8 Å². The largest absolute Gasteiger partial charge is 0.397 e. The first-order chi connectivity index (χ1) is 7.66. The number of anilines is 2. The second-order valence-electron chi connectivity index (χ2n) is 3.93. The van der Waals surface area contributed by atoms with Gasteiger partial charge >= 0.3 is 0 Å². The number of hydrogen-bond acceptors (Lipinski definition) is 4. The van der Waals surface area contributed by atoms with E-state index in [1.807, 2.05) is 13.0 Å². The molecule has 1 unspecified atom stereocenters. The van der Waals surface area contributed by atoms with E-state index in [1.165, 1.54) is 0 Å². The highest BCUT2D eigenvalue weighted by atomic mass is 32.2. The van der Waals surface area contributed by atoms with Gasteiger partial charge in [-0.1, -0.05) is 0 Å². The van der Waals surface area contributed by atoms with Crippen molar-refractivity contribution in [3.8, 4) is 0 Å². The van der Waals surface area contributed by atoms with Gasteiger partial charge in [0.15, 0.2) is 0 Å². The molecule has 1 aliphatic rings. The van der Waals surface area contributed by atoms with Crippen molar-refractivity contribution in [2.45, 2.75) is 25.0 Å². The number of carbonyl (C=O) groups is 1. The van der Waals surface area contributed by atoms with Crippen LogP contribution in [0.3, 0.4) is 0 Å². The highest BCUT2D eigenvalue weighted by Gasteiger charge is 2.23. The van der Waals surface area contributed by atoms with Gasteiger partial charge in [-0.3, -0.25) is 4.79 Å². The van der Waals surface area contributed by atoms with E-state index in [4.69, 9.17) is 5.73 Å². The van der Waals surface area contributed by atoms with E-state index in [-0.39, 0.29) is 11.2 Å². The molecule has 2 rings (SSSR count). The van der Waals surface area contributed by atoms with Crippen LogP contribution in [0.15, 0.2) is 12.3 Å². The van der Waals surface area contributed by atoms with E-state index in [2.05, 4.69) is 10.3 Å². The zero-order chi connectivity index (χ0) is 11.5. The predicted octanol–water partition coefficient (Wildman–Crippen LogP) is 1.81. The third-order valence-electron chi connectivity index (χ3n) is 2.56. The van der Waals surface area contributed by atoms with Crippen molar-refractivity contribution in [3.63, 3.8) is 0 Å². The van der Waals surface area contributed by atoms with E-state index in [0.29, 0.717) is 11.5 Å². The molecular weight excluding hydrogens is 222 g/mol. The van der Waals surface area contributed by atoms with Crippen LogP contribution in [0.4, 0.5) is 11.5 Å². The second-order valence-corrected chi connectivity index (χ2v) is 5.24. The third-order valence-corrected chi connectivity index (χ3v) is 3.94. The molecule has 4 nitrogen and oxygen atoms in total. The van der Waals surface area contributed by atoms with Gasteiger partial charge in [-0.15, -0.1) is 11.8 Å². The van der Waals surface area contributed by atoms with E-state index in [0.717, 1.165) is 24.2 Å². The van der Waals surface area contributed by atoms with Crippen LogP contribution in [0.2, 0.25) is 0 Å². The van der Waals surface area contributed by atoms with Gasteiger partial charge in [0.25, 0.3) is 0 Å². The lowest BCUT2D eigenvalue weighted by atomic mass is 10.2. The number of nitrogen functional groups attached to an aromatic ring is 1. The Kier molecular flexibility index (Phi) is 3.33. The van der Waals surface area contributed by atoms with E-state index in [1.54, 1.807) is 18.0 Å². The molecule has 1 aromatic rings. The van der Waals surface area contributed by atoms with Crippen LogP contribution in [0.25, 0.3) is 0 Å². The van der Waals surface area contributed by atoms with Gasteiger partial charge in [0.05, 0.1) is 17.1 Å². The number of aromatic nitrogens is 1. The van der Waals surface area contributed by atoms with Crippen molar-refractivity contribution in [1.82, 2.24) is 4.98 Å². The van der Waals surface area contributed by atoms with E-state index in [9.17, 15) is 4.79 Å². The molecular formula is C11H15N3OS. The maximum absolute atomic E-state index is 11.8. The molecule has 2 heterocycles. The van der Waals surface area contributed by atoms with Gasteiger partial charge in [0, 0.05) is 0 Å². The van der Waals surface area contributed by atoms with Crippen molar-refractivity contribution in [1.29, 1.82) is 0 Å². The number of rotatable bonds is 2. The van der Waals surface area contributed by atoms with Crippen molar-refractivity contribution >= 4 is 29.2 Å². The number of nitrogens with zero attached hydrogens (tertiary/aromatic N) is 1. The molecule has 1 aliphatic heterocycles. The number of nitrogens with one attached hydrogen (secondary N) is 1. The van der Waals surface area contributed by atoms with Gasteiger partial charge < -0.3 is 11.1 Å². The molecule has 0 saturated carbocycles. The minimum absolute atomic E-state index is 0.0582. The van der Waals surface area contributed by atoms with Crippen molar-refractivity contribution < 1.29 is 4.79 Å². The van der Waals surface area contributed by atoms with Crippen molar-refractivity contribution in [2.24, 2.45) is 0 Å². The zero-order valence-corrected chi connectivity index (χ0v) is 10.0. The van der Waals surface area contributed by atoms with Crippen LogP contribution in [0.5, 0.6) is 0 Å². The van der Waals surface area contributed by atoms with Crippen molar-refractivity contribution in [3.05, 3.63) is 17.8 Å². The first kappa shape index (κ1) is 11.3. The summed E-state index contributed by atoms with van der Waals surface area (Å²) in [5.74, 6) is 1.75. The smallest absolute Gasteiger partial charge is 0.238 e. The molecule has 0 aromatic carbocycles. The maximum Gasteiger partial charge on any atom is 0.238 e. The quantitative estimate of drug-likeness (QED) is 0.823. The van der Waals surface area contributed by atoms with Crippen LogP contribution in [-0.2, 0) is 4.79 Å². The number of thioether (sulfide) groups is 1. The molecule has 0 spiro atoms. The summed E-state index contributed by atoms with van der Waals surface area (Å²) in [4.78, 5) is 16.0. The first-order valence-corrected chi connectivity index (χ1v) is 6.36. The monoisotopic (exact) mass is 237 g/mol. The average Bonchev–Trinajstić information content (AvgIpc) is 2.75. The molecule has 1 aromatic heterocycles. The minimum atomic E-state index is 0.0582. The topological polar surface area (TPSA) is 68.0 Å². The Bertz CT molecular complexity index is 402. The molecule has 1 fully saturated rings. The average molecular weight is 237 g/mol. The lowest BCUT2D eigenvalue weighted by Gasteiger charge is -2.11. The summed E-state index contributed by atoms with van der Waals surface area (Å²) in [6, 6.07) is 1.81. The fourth-order valence-electron chi connectivity index (χ4n) is 1.71. The SMILES string of the molecule is Cc1cc(N)cnc1NC(=O)C1CCCS1. The summed E-state index contributed by atoms with van der Waals surface area (Å²) >= 11 is 1.71. The molecule has 0 radical (unpaired) electrons. The molecule has 1 amide bonds. The number of nitrogens with two attached hydrogens (primary N) is 1. The summed E-state index contributed by atoms with van der Waals surface area (Å²) in [6.07, 6.45) is 3.64. The summed E-state index contributed by atoms with van der Waals surface area (Å²) < 4.78 is 0. The molecule has 0 aliphatic carbocycles. The normalized spacial score (nSPS) is 19.7. The zero-order valence-electron chi connectivity index (χ0n) is 9.19. The summed E-state index contributed by atoms with van der Waals surface area (Å²) in [5.41, 5.74) is 7.12. The number of pyridine rings is 1. The van der Waals surface area contributed by atoms with Gasteiger partial charge in [-0.05, 0) is 37.1 Å². The minimum Gasteiger partial charge on any atom is -0.397 e. The number of carbonyl (C=O) groups excluding carboxylic acids is 1. The number of aryl methyl sites for hydroxylation is 1. The summed E-state index contributed by atoms with van der Waals surface area (Å²) in [6.45, 7) is 1.89. The van der Waals surface area contributed by atoms with Crippen LogP contribution in [-0.4, -0.2) is 21.9 Å².